The number of guanidine groups is 1. The number of aryl methyl sites for hydroxylation is 1. The summed E-state index contributed by atoms with van der Waals surface area (Å²) >= 11 is 0. The molecule has 0 saturated heterocycles. The molecule has 4 rings (SSSR count). The Morgan fingerprint density at radius 2 is 2.12 bits per heavy atom. The number of fused-ring (bicyclic) bond motifs is 1. The first-order valence-electron chi connectivity index (χ1n) is 9.41. The highest BCUT2D eigenvalue weighted by Crippen LogP contribution is 2.46. The maximum atomic E-state index is 6.45. The number of aromatic nitrogens is 2. The second-order valence-corrected chi connectivity index (χ2v) is 7.30. The third kappa shape index (κ3) is 3.28. The predicted molar refractivity (Wildman–Crippen MR) is 102 cm³/mol. The zero-order valence-electron chi connectivity index (χ0n) is 15.5. The van der Waals surface area contributed by atoms with Gasteiger partial charge >= 0.3 is 0 Å². The van der Waals surface area contributed by atoms with Crippen molar-refractivity contribution in [2.45, 2.75) is 50.3 Å². The number of hydrogen-bond acceptors (Lipinski definition) is 3. The zero-order chi connectivity index (χ0) is 18.0. The second-order valence-electron chi connectivity index (χ2n) is 7.30. The first kappa shape index (κ1) is 16.9. The van der Waals surface area contributed by atoms with Gasteiger partial charge in [0.25, 0.3) is 0 Å². The molecule has 1 aromatic carbocycles. The van der Waals surface area contributed by atoms with Crippen LogP contribution >= 0.6 is 0 Å². The third-order valence-electron chi connectivity index (χ3n) is 5.61. The lowest BCUT2D eigenvalue weighted by atomic mass is 9.86. The lowest BCUT2D eigenvalue weighted by Gasteiger charge is -2.40. The van der Waals surface area contributed by atoms with Gasteiger partial charge in [-0.25, -0.2) is 0 Å². The molecule has 2 heterocycles. The van der Waals surface area contributed by atoms with E-state index in [1.54, 1.807) is 0 Å². The Morgan fingerprint density at radius 3 is 2.85 bits per heavy atom. The highest BCUT2D eigenvalue weighted by molar-refractivity contribution is 5.80. The number of ether oxygens (including phenoxy) is 1. The molecule has 1 spiro atoms. The minimum absolute atomic E-state index is 0.0209. The van der Waals surface area contributed by atoms with Crippen LogP contribution in [-0.2, 0) is 13.6 Å². The molecule has 26 heavy (non-hydrogen) atoms. The van der Waals surface area contributed by atoms with Gasteiger partial charge in [-0.05, 0) is 37.8 Å². The molecule has 6 nitrogen and oxygen atoms in total. The normalized spacial score (nSPS) is 21.3. The molecule has 0 bridgehead atoms. The van der Waals surface area contributed by atoms with Crippen LogP contribution in [0.1, 0.15) is 49.4 Å². The average Bonchev–Trinajstić information content (AvgIpc) is 3.27. The molecular formula is C20H27N5O. The Bertz CT molecular complexity index is 791. The van der Waals surface area contributed by atoms with Crippen molar-refractivity contribution in [1.29, 1.82) is 0 Å². The van der Waals surface area contributed by atoms with E-state index in [0.29, 0.717) is 6.54 Å². The fraction of sp³-hybridized carbons (Fsp3) is 0.500. The number of rotatable bonds is 3. The molecule has 1 fully saturated rings. The molecule has 6 heteroatoms. The summed E-state index contributed by atoms with van der Waals surface area (Å²) in [6.07, 6.45) is 7.58. The summed E-state index contributed by atoms with van der Waals surface area (Å²) in [4.78, 5) is 4.42. The summed E-state index contributed by atoms with van der Waals surface area (Å²) in [5.41, 5.74) is 2.31. The minimum atomic E-state index is -0.0209. The van der Waals surface area contributed by atoms with Gasteiger partial charge in [-0.15, -0.1) is 0 Å². The molecular weight excluding hydrogens is 326 g/mol. The van der Waals surface area contributed by atoms with Gasteiger partial charge in [0.2, 0.25) is 0 Å². The summed E-state index contributed by atoms with van der Waals surface area (Å²) in [5, 5.41) is 11.2. The third-order valence-corrected chi connectivity index (χ3v) is 5.61. The van der Waals surface area contributed by atoms with E-state index in [9.17, 15) is 0 Å². The molecule has 2 N–H and O–H groups in total. The quantitative estimate of drug-likeness (QED) is 0.658. The van der Waals surface area contributed by atoms with Crippen LogP contribution in [0.2, 0.25) is 0 Å². The molecule has 138 valence electrons. The molecule has 1 aromatic heterocycles. The summed E-state index contributed by atoms with van der Waals surface area (Å²) in [5.74, 6) is 1.82. The van der Waals surface area contributed by atoms with Crippen LogP contribution in [0.3, 0.4) is 0 Å². The maximum absolute atomic E-state index is 6.45. The van der Waals surface area contributed by atoms with Crippen molar-refractivity contribution in [2.75, 3.05) is 7.05 Å². The van der Waals surface area contributed by atoms with Gasteiger partial charge in [0.05, 0.1) is 18.3 Å². The largest absolute Gasteiger partial charge is 0.487 e. The van der Waals surface area contributed by atoms with Crippen molar-refractivity contribution in [2.24, 2.45) is 12.0 Å². The topological polar surface area (TPSA) is 63.5 Å². The number of benzene rings is 1. The molecule has 1 aliphatic heterocycles. The van der Waals surface area contributed by atoms with Crippen molar-refractivity contribution in [3.63, 3.8) is 0 Å². The molecule has 1 aliphatic carbocycles. The van der Waals surface area contributed by atoms with Crippen LogP contribution in [0, 0.1) is 0 Å². The predicted octanol–water partition coefficient (Wildman–Crippen LogP) is 2.92. The van der Waals surface area contributed by atoms with Crippen LogP contribution in [0.4, 0.5) is 0 Å². The van der Waals surface area contributed by atoms with Crippen molar-refractivity contribution >= 4 is 5.96 Å². The Balaban J connectivity index is 1.51. The Labute approximate surface area is 154 Å². The first-order chi connectivity index (χ1) is 12.7. The monoisotopic (exact) mass is 353 g/mol. The van der Waals surface area contributed by atoms with E-state index in [0.717, 1.165) is 36.7 Å². The van der Waals surface area contributed by atoms with Crippen molar-refractivity contribution in [1.82, 2.24) is 20.4 Å². The van der Waals surface area contributed by atoms with Gasteiger partial charge in [-0.2, -0.15) is 5.10 Å². The van der Waals surface area contributed by atoms with Gasteiger partial charge in [0.1, 0.15) is 11.4 Å². The zero-order valence-corrected chi connectivity index (χ0v) is 15.5. The lowest BCUT2D eigenvalue weighted by Crippen LogP contribution is -2.46. The van der Waals surface area contributed by atoms with Crippen LogP contribution in [-0.4, -0.2) is 28.4 Å². The van der Waals surface area contributed by atoms with E-state index < -0.39 is 0 Å². The molecule has 0 amide bonds. The van der Waals surface area contributed by atoms with E-state index in [1.165, 1.54) is 18.4 Å². The van der Waals surface area contributed by atoms with E-state index >= 15 is 0 Å². The summed E-state index contributed by atoms with van der Waals surface area (Å²) < 4.78 is 8.32. The fourth-order valence-electron chi connectivity index (χ4n) is 4.18. The van der Waals surface area contributed by atoms with Gasteiger partial charge in [0, 0.05) is 32.3 Å². The molecule has 0 radical (unpaired) electrons. The first-order valence-corrected chi connectivity index (χ1v) is 9.41. The van der Waals surface area contributed by atoms with E-state index in [-0.39, 0.29) is 11.6 Å². The molecule has 1 atom stereocenters. The van der Waals surface area contributed by atoms with Crippen molar-refractivity contribution < 1.29 is 4.74 Å². The van der Waals surface area contributed by atoms with E-state index in [2.05, 4.69) is 45.0 Å². The molecule has 1 saturated carbocycles. The minimum Gasteiger partial charge on any atom is -0.487 e. The Morgan fingerprint density at radius 1 is 1.31 bits per heavy atom. The molecule has 2 aromatic rings. The summed E-state index contributed by atoms with van der Waals surface area (Å²) in [6, 6.07) is 10.6. The van der Waals surface area contributed by atoms with Gasteiger partial charge in [-0.1, -0.05) is 18.2 Å². The van der Waals surface area contributed by atoms with Gasteiger partial charge in [-0.3, -0.25) is 9.67 Å². The van der Waals surface area contributed by atoms with Crippen LogP contribution < -0.4 is 15.4 Å². The Hall–Kier alpha value is -2.50. The summed E-state index contributed by atoms with van der Waals surface area (Å²) in [7, 11) is 3.76. The lowest BCUT2D eigenvalue weighted by molar-refractivity contribution is 0.0396. The average molecular weight is 353 g/mol. The van der Waals surface area contributed by atoms with E-state index in [1.807, 2.05) is 31.0 Å². The maximum Gasteiger partial charge on any atom is 0.191 e. The number of para-hydroxylation sites is 1. The van der Waals surface area contributed by atoms with E-state index in [4.69, 9.17) is 4.74 Å². The Kier molecular flexibility index (Phi) is 4.57. The van der Waals surface area contributed by atoms with Crippen molar-refractivity contribution in [3.05, 3.63) is 47.8 Å². The van der Waals surface area contributed by atoms with Crippen LogP contribution in [0.5, 0.6) is 5.75 Å². The smallest absolute Gasteiger partial charge is 0.191 e. The molecule has 2 aliphatic rings. The standard InChI is InChI=1S/C20H27N5O/c1-21-19(22-14-15-9-12-23-25(15)2)24-17-13-20(10-5-6-11-20)26-18-8-4-3-7-16(17)18/h3-4,7-9,12,17H,5-6,10-11,13-14H2,1-2H3,(H2,21,22,24). The number of hydrogen-bond donors (Lipinski definition) is 2. The highest BCUT2D eigenvalue weighted by atomic mass is 16.5. The van der Waals surface area contributed by atoms with Crippen LogP contribution in [0.15, 0.2) is 41.5 Å². The SMILES string of the molecule is CN=C(NCc1ccnn1C)NC1CC2(CCCC2)Oc2ccccc21. The highest BCUT2D eigenvalue weighted by Gasteiger charge is 2.43. The van der Waals surface area contributed by atoms with Gasteiger partial charge < -0.3 is 15.4 Å². The molecule has 1 unspecified atom stereocenters. The number of nitrogens with one attached hydrogen (secondary N) is 2. The number of nitrogens with zero attached hydrogens (tertiary/aromatic N) is 3. The number of aliphatic imine (C=N–C) groups is 1. The van der Waals surface area contributed by atoms with Gasteiger partial charge in [0.15, 0.2) is 5.96 Å². The fourth-order valence-corrected chi connectivity index (χ4v) is 4.18. The summed E-state index contributed by atoms with van der Waals surface area (Å²) in [6.45, 7) is 0.687. The second kappa shape index (κ2) is 7.02. The van der Waals surface area contributed by atoms with Crippen molar-refractivity contribution in [3.8, 4) is 5.75 Å². The van der Waals surface area contributed by atoms with Crippen LogP contribution in [0.25, 0.3) is 0 Å².